The maximum Gasteiger partial charge on any atom is 0.514 e. The van der Waals surface area contributed by atoms with E-state index in [4.69, 9.17) is 14.2 Å². The number of benzene rings is 1. The predicted octanol–water partition coefficient (Wildman–Crippen LogP) is 1.50. The average molecular weight is 250 g/mol. The van der Waals surface area contributed by atoms with E-state index in [1.165, 1.54) is 0 Å². The lowest BCUT2D eigenvalue weighted by Crippen LogP contribution is -2.19. The Morgan fingerprint density at radius 1 is 1.33 bits per heavy atom. The molecule has 0 spiro atoms. The first-order valence-electron chi connectivity index (χ1n) is 5.30. The number of fused-ring (bicyclic) bond motifs is 1. The lowest BCUT2D eigenvalue weighted by Gasteiger charge is -2.16. The highest BCUT2D eigenvalue weighted by Crippen LogP contribution is 2.37. The number of carbonyl (C=O) groups is 1. The molecule has 3 rings (SSSR count). The van der Waals surface area contributed by atoms with Crippen molar-refractivity contribution in [3.05, 3.63) is 36.1 Å². The first-order valence-corrected chi connectivity index (χ1v) is 5.30. The molecule has 0 radical (unpaired) electrons. The van der Waals surface area contributed by atoms with Gasteiger partial charge in [-0.1, -0.05) is 12.6 Å². The van der Waals surface area contributed by atoms with E-state index in [0.717, 1.165) is 0 Å². The zero-order valence-corrected chi connectivity index (χ0v) is 9.29. The van der Waals surface area contributed by atoms with Gasteiger partial charge in [0.1, 0.15) is 11.9 Å². The van der Waals surface area contributed by atoms with Crippen molar-refractivity contribution in [2.75, 3.05) is 6.79 Å². The van der Waals surface area contributed by atoms with Crippen LogP contribution < -0.4 is 9.47 Å². The molecule has 2 heterocycles. The Labute approximate surface area is 102 Å². The summed E-state index contributed by atoms with van der Waals surface area (Å²) >= 11 is 0. The maximum atomic E-state index is 10.9. The second kappa shape index (κ2) is 3.92. The summed E-state index contributed by atoms with van der Waals surface area (Å²) in [7, 11) is 0. The van der Waals surface area contributed by atoms with Crippen LogP contribution in [0.4, 0.5) is 4.79 Å². The van der Waals surface area contributed by atoms with Gasteiger partial charge in [0.25, 0.3) is 0 Å². The van der Waals surface area contributed by atoms with Gasteiger partial charge in [0.15, 0.2) is 17.6 Å². The van der Waals surface area contributed by atoms with Crippen LogP contribution in [0.5, 0.6) is 11.5 Å². The first kappa shape index (κ1) is 10.9. The minimum absolute atomic E-state index is 0.0881. The van der Waals surface area contributed by atoms with Crippen LogP contribution >= 0.6 is 0 Å². The van der Waals surface area contributed by atoms with Crippen molar-refractivity contribution in [3.8, 4) is 11.5 Å². The van der Waals surface area contributed by atoms with E-state index in [0.29, 0.717) is 17.1 Å². The minimum Gasteiger partial charge on any atom is -0.454 e. The van der Waals surface area contributed by atoms with E-state index >= 15 is 0 Å². The Bertz CT molecular complexity index is 523. The molecular formula is C12H10O6. The molecule has 94 valence electrons. The smallest absolute Gasteiger partial charge is 0.454 e. The highest BCUT2D eigenvalue weighted by Gasteiger charge is 2.37. The number of carbonyl (C=O) groups excluding carboxylic acids is 1. The van der Waals surface area contributed by atoms with Gasteiger partial charge in [0.2, 0.25) is 6.79 Å². The Balaban J connectivity index is 1.86. The largest absolute Gasteiger partial charge is 0.514 e. The number of rotatable bonds is 2. The maximum absolute atomic E-state index is 10.9. The fourth-order valence-electron chi connectivity index (χ4n) is 1.87. The van der Waals surface area contributed by atoms with Crippen LogP contribution in [0.25, 0.3) is 0 Å². The molecule has 1 fully saturated rings. The summed E-state index contributed by atoms with van der Waals surface area (Å²) in [6.07, 6.45) is -2.82. The van der Waals surface area contributed by atoms with Crippen molar-refractivity contribution in [2.24, 2.45) is 0 Å². The summed E-state index contributed by atoms with van der Waals surface area (Å²) in [5.41, 5.74) is 0.531. The van der Waals surface area contributed by atoms with Gasteiger partial charge in [-0.15, -0.1) is 0 Å². The summed E-state index contributed by atoms with van der Waals surface area (Å²) in [4.78, 5) is 10.9. The molecule has 0 aliphatic carbocycles. The van der Waals surface area contributed by atoms with E-state index in [-0.39, 0.29) is 12.6 Å². The summed E-state index contributed by atoms with van der Waals surface area (Å²) in [5, 5.41) is 10.1. The van der Waals surface area contributed by atoms with Gasteiger partial charge in [0, 0.05) is 0 Å². The van der Waals surface area contributed by atoms with E-state index in [9.17, 15) is 9.90 Å². The number of hydrogen-bond acceptors (Lipinski definition) is 6. The van der Waals surface area contributed by atoms with E-state index in [1.807, 2.05) is 0 Å². The van der Waals surface area contributed by atoms with Gasteiger partial charge in [-0.25, -0.2) is 4.79 Å². The molecule has 18 heavy (non-hydrogen) atoms. The quantitative estimate of drug-likeness (QED) is 0.802. The second-order valence-electron chi connectivity index (χ2n) is 3.91. The molecule has 1 aromatic carbocycles. The van der Waals surface area contributed by atoms with Crippen molar-refractivity contribution < 1.29 is 28.8 Å². The molecule has 0 bridgehead atoms. The van der Waals surface area contributed by atoms with Gasteiger partial charge in [-0.2, -0.15) is 0 Å². The third kappa shape index (κ3) is 1.67. The molecule has 2 atom stereocenters. The third-order valence-electron chi connectivity index (χ3n) is 2.78. The third-order valence-corrected chi connectivity index (χ3v) is 2.78. The van der Waals surface area contributed by atoms with Crippen LogP contribution in [0.2, 0.25) is 0 Å². The molecular weight excluding hydrogens is 240 g/mol. The van der Waals surface area contributed by atoms with Gasteiger partial charge in [-0.05, 0) is 17.7 Å². The van der Waals surface area contributed by atoms with Gasteiger partial charge in [0.05, 0.1) is 0 Å². The fourth-order valence-corrected chi connectivity index (χ4v) is 1.87. The minimum atomic E-state index is -1.06. The summed E-state index contributed by atoms with van der Waals surface area (Å²) < 4.78 is 19.8. The van der Waals surface area contributed by atoms with Crippen LogP contribution in [0.1, 0.15) is 11.7 Å². The fraction of sp³-hybridized carbons (Fsp3) is 0.250. The Morgan fingerprint density at radius 3 is 2.83 bits per heavy atom. The molecule has 0 amide bonds. The van der Waals surface area contributed by atoms with Gasteiger partial charge in [-0.3, -0.25) is 0 Å². The van der Waals surface area contributed by atoms with Crippen LogP contribution in [0, 0.1) is 0 Å². The zero-order chi connectivity index (χ0) is 12.7. The van der Waals surface area contributed by atoms with Crippen molar-refractivity contribution in [2.45, 2.75) is 12.2 Å². The molecule has 0 unspecified atom stereocenters. The normalized spacial score (nSPS) is 22.6. The number of aliphatic hydroxyl groups is 1. The summed E-state index contributed by atoms with van der Waals surface area (Å²) in [6, 6.07) is 4.98. The molecule has 1 saturated heterocycles. The molecule has 1 aromatic rings. The molecule has 2 aliphatic rings. The van der Waals surface area contributed by atoms with Crippen LogP contribution in [0.15, 0.2) is 30.5 Å². The highest BCUT2D eigenvalue weighted by molar-refractivity contribution is 5.65. The number of cyclic esters (lactones) is 2. The van der Waals surface area contributed by atoms with E-state index in [2.05, 4.69) is 11.3 Å². The molecule has 6 heteroatoms. The second-order valence-corrected chi connectivity index (χ2v) is 3.91. The number of hydrogen-bond donors (Lipinski definition) is 1. The van der Waals surface area contributed by atoms with Crippen molar-refractivity contribution >= 4 is 6.16 Å². The van der Waals surface area contributed by atoms with Crippen molar-refractivity contribution in [1.82, 2.24) is 0 Å². The monoisotopic (exact) mass is 250 g/mol. The molecule has 0 aromatic heterocycles. The van der Waals surface area contributed by atoms with Crippen LogP contribution in [-0.4, -0.2) is 24.2 Å². The first-order chi connectivity index (χ1) is 8.65. The predicted molar refractivity (Wildman–Crippen MR) is 58.0 cm³/mol. The SMILES string of the molecule is C=C1OC(=O)O[C@@H]1[C@H](O)c1ccc2c(c1)OCO2. The standard InChI is InChI=1S/C12H10O6/c1-6-11(18-12(14)17-6)10(13)7-2-3-8-9(4-7)16-5-15-8/h2-4,10-11,13H,1,5H2/t10-,11+/m1/s1. The van der Waals surface area contributed by atoms with Crippen molar-refractivity contribution in [3.63, 3.8) is 0 Å². The van der Waals surface area contributed by atoms with Crippen molar-refractivity contribution in [1.29, 1.82) is 0 Å². The Hall–Kier alpha value is -2.21. The van der Waals surface area contributed by atoms with Gasteiger partial charge < -0.3 is 24.1 Å². The zero-order valence-electron chi connectivity index (χ0n) is 9.29. The van der Waals surface area contributed by atoms with Crippen LogP contribution in [0.3, 0.4) is 0 Å². The lowest BCUT2D eigenvalue weighted by atomic mass is 10.0. The van der Waals surface area contributed by atoms with E-state index < -0.39 is 18.4 Å². The Morgan fingerprint density at radius 2 is 2.11 bits per heavy atom. The summed E-state index contributed by atoms with van der Waals surface area (Å²) in [5.74, 6) is 1.25. The topological polar surface area (TPSA) is 74.2 Å². The average Bonchev–Trinajstić information content (AvgIpc) is 2.93. The molecule has 1 N–H and O–H groups in total. The Kier molecular flexibility index (Phi) is 2.38. The molecule has 6 nitrogen and oxygen atoms in total. The van der Waals surface area contributed by atoms with Crippen LogP contribution in [-0.2, 0) is 9.47 Å². The summed E-state index contributed by atoms with van der Waals surface area (Å²) in [6.45, 7) is 3.68. The van der Waals surface area contributed by atoms with E-state index in [1.54, 1.807) is 18.2 Å². The molecule has 0 saturated carbocycles. The number of ether oxygens (including phenoxy) is 4. The highest BCUT2D eigenvalue weighted by atomic mass is 16.8. The lowest BCUT2D eigenvalue weighted by molar-refractivity contribution is 0.0401. The number of aliphatic hydroxyl groups excluding tert-OH is 1. The van der Waals surface area contributed by atoms with Gasteiger partial charge >= 0.3 is 6.16 Å². The molecule has 2 aliphatic heterocycles.